The van der Waals surface area contributed by atoms with Gasteiger partial charge in [0.15, 0.2) is 0 Å². The molecule has 1 heterocycles. The van der Waals surface area contributed by atoms with Gasteiger partial charge in [-0.15, -0.1) is 0 Å². The second-order valence-electron chi connectivity index (χ2n) is 5.79. The van der Waals surface area contributed by atoms with Crippen LogP contribution in [0.25, 0.3) is 10.9 Å². The fourth-order valence-electron chi connectivity index (χ4n) is 3.06. The minimum absolute atomic E-state index is 0.107. The van der Waals surface area contributed by atoms with E-state index in [1.165, 1.54) is 32.1 Å². The highest BCUT2D eigenvalue weighted by atomic mass is 35.5. The normalized spacial score (nSPS) is 15.9. The zero-order valence-electron chi connectivity index (χ0n) is 12.0. The van der Waals surface area contributed by atoms with Gasteiger partial charge in [0.25, 0.3) is 5.56 Å². The molecule has 112 valence electrons. The van der Waals surface area contributed by atoms with E-state index in [0.717, 1.165) is 12.5 Å². The molecule has 1 aliphatic rings. The maximum atomic E-state index is 12.0. The van der Waals surface area contributed by atoms with Crippen LogP contribution in [0.2, 0.25) is 5.02 Å². The summed E-state index contributed by atoms with van der Waals surface area (Å²) in [4.78, 5) is 19.3. The van der Waals surface area contributed by atoms with Gasteiger partial charge in [0.2, 0.25) is 0 Å². The standard InChI is InChI=1S/C16H20ClN3O/c17-12-5-6-13-14(9-12)19-15(20-16(13)21)10-18-8-7-11-3-1-2-4-11/h5-6,9,11,18H,1-4,7-8,10H2,(H,19,20,21). The summed E-state index contributed by atoms with van der Waals surface area (Å²) >= 11 is 5.95. The van der Waals surface area contributed by atoms with Crippen molar-refractivity contribution in [3.05, 3.63) is 39.4 Å². The van der Waals surface area contributed by atoms with E-state index in [9.17, 15) is 4.79 Å². The Balaban J connectivity index is 1.62. The van der Waals surface area contributed by atoms with Gasteiger partial charge in [0.05, 0.1) is 17.4 Å². The molecule has 0 spiro atoms. The second-order valence-corrected chi connectivity index (χ2v) is 6.23. The molecule has 5 heteroatoms. The van der Waals surface area contributed by atoms with Gasteiger partial charge < -0.3 is 10.3 Å². The summed E-state index contributed by atoms with van der Waals surface area (Å²) in [7, 11) is 0. The van der Waals surface area contributed by atoms with E-state index in [-0.39, 0.29) is 5.56 Å². The molecule has 3 rings (SSSR count). The Bertz CT molecular complexity index is 677. The molecule has 0 saturated heterocycles. The summed E-state index contributed by atoms with van der Waals surface area (Å²) in [6.45, 7) is 1.56. The van der Waals surface area contributed by atoms with E-state index >= 15 is 0 Å². The Labute approximate surface area is 128 Å². The van der Waals surface area contributed by atoms with Crippen molar-refractivity contribution in [1.82, 2.24) is 15.3 Å². The summed E-state index contributed by atoms with van der Waals surface area (Å²) in [5.41, 5.74) is 0.545. The minimum atomic E-state index is -0.107. The topological polar surface area (TPSA) is 57.8 Å². The molecule has 0 amide bonds. The highest BCUT2D eigenvalue weighted by molar-refractivity contribution is 6.31. The third kappa shape index (κ3) is 3.63. The van der Waals surface area contributed by atoms with E-state index in [2.05, 4.69) is 15.3 Å². The highest BCUT2D eigenvalue weighted by Crippen LogP contribution is 2.26. The largest absolute Gasteiger partial charge is 0.310 e. The Morgan fingerprint density at radius 2 is 2.14 bits per heavy atom. The molecule has 1 aromatic heterocycles. The van der Waals surface area contributed by atoms with E-state index in [0.29, 0.717) is 28.3 Å². The number of nitrogens with zero attached hydrogens (tertiary/aromatic N) is 1. The molecule has 0 aliphatic heterocycles. The van der Waals surface area contributed by atoms with Crippen molar-refractivity contribution in [3.8, 4) is 0 Å². The zero-order valence-corrected chi connectivity index (χ0v) is 12.7. The smallest absolute Gasteiger partial charge is 0.258 e. The number of nitrogens with one attached hydrogen (secondary N) is 2. The van der Waals surface area contributed by atoms with Gasteiger partial charge in [-0.05, 0) is 37.1 Å². The molecule has 21 heavy (non-hydrogen) atoms. The fourth-order valence-corrected chi connectivity index (χ4v) is 3.22. The molecule has 2 N–H and O–H groups in total. The predicted molar refractivity (Wildman–Crippen MR) is 85.7 cm³/mol. The maximum Gasteiger partial charge on any atom is 0.258 e. The number of fused-ring (bicyclic) bond motifs is 1. The first-order valence-corrected chi connectivity index (χ1v) is 7.99. The first-order valence-electron chi connectivity index (χ1n) is 7.61. The third-order valence-electron chi connectivity index (χ3n) is 4.21. The summed E-state index contributed by atoms with van der Waals surface area (Å²) in [5.74, 6) is 1.54. The van der Waals surface area contributed by atoms with Gasteiger partial charge in [-0.2, -0.15) is 0 Å². The Morgan fingerprint density at radius 1 is 1.33 bits per heavy atom. The monoisotopic (exact) mass is 305 g/mol. The van der Waals surface area contributed by atoms with Gasteiger partial charge in [0, 0.05) is 5.02 Å². The van der Waals surface area contributed by atoms with Crippen LogP contribution in [-0.2, 0) is 6.54 Å². The van der Waals surface area contributed by atoms with E-state index in [4.69, 9.17) is 11.6 Å². The van der Waals surface area contributed by atoms with Crippen LogP contribution in [0.15, 0.2) is 23.0 Å². The lowest BCUT2D eigenvalue weighted by molar-refractivity contribution is 0.474. The summed E-state index contributed by atoms with van der Waals surface area (Å²) in [5, 5.41) is 4.55. The lowest BCUT2D eigenvalue weighted by atomic mass is 10.0. The molecule has 2 aromatic rings. The first kappa shape index (κ1) is 14.5. The Morgan fingerprint density at radius 3 is 2.95 bits per heavy atom. The molecule has 0 radical (unpaired) electrons. The van der Waals surface area contributed by atoms with E-state index < -0.39 is 0 Å². The Hall–Kier alpha value is -1.39. The van der Waals surface area contributed by atoms with E-state index in [1.54, 1.807) is 18.2 Å². The summed E-state index contributed by atoms with van der Waals surface area (Å²) in [6, 6.07) is 5.15. The second kappa shape index (κ2) is 6.58. The maximum absolute atomic E-state index is 12.0. The van der Waals surface area contributed by atoms with Gasteiger partial charge in [-0.3, -0.25) is 4.79 Å². The van der Waals surface area contributed by atoms with Crippen molar-refractivity contribution in [2.75, 3.05) is 6.54 Å². The van der Waals surface area contributed by atoms with Crippen molar-refractivity contribution in [2.24, 2.45) is 5.92 Å². The Kier molecular flexibility index (Phi) is 4.56. The van der Waals surface area contributed by atoms with Crippen LogP contribution in [0.3, 0.4) is 0 Å². The van der Waals surface area contributed by atoms with Crippen molar-refractivity contribution in [3.63, 3.8) is 0 Å². The molecule has 1 aliphatic carbocycles. The number of H-pyrrole nitrogens is 1. The number of hydrogen-bond acceptors (Lipinski definition) is 3. The SMILES string of the molecule is O=c1[nH]c(CNCCC2CCCC2)nc2cc(Cl)ccc12. The molecular weight excluding hydrogens is 286 g/mol. The first-order chi connectivity index (χ1) is 10.2. The molecule has 4 nitrogen and oxygen atoms in total. The number of halogens is 1. The summed E-state index contributed by atoms with van der Waals surface area (Å²) < 4.78 is 0. The molecule has 1 saturated carbocycles. The molecule has 0 bridgehead atoms. The van der Waals surface area contributed by atoms with Crippen LogP contribution in [0.4, 0.5) is 0 Å². The van der Waals surface area contributed by atoms with Crippen molar-refractivity contribution < 1.29 is 0 Å². The quantitative estimate of drug-likeness (QED) is 0.834. The van der Waals surface area contributed by atoms with Gasteiger partial charge in [-0.25, -0.2) is 4.98 Å². The van der Waals surface area contributed by atoms with Gasteiger partial charge >= 0.3 is 0 Å². The predicted octanol–water partition coefficient (Wildman–Crippen LogP) is 3.25. The molecule has 1 aromatic carbocycles. The highest BCUT2D eigenvalue weighted by Gasteiger charge is 2.14. The van der Waals surface area contributed by atoms with Gasteiger partial charge in [0.1, 0.15) is 5.82 Å². The fraction of sp³-hybridized carbons (Fsp3) is 0.500. The van der Waals surface area contributed by atoms with E-state index in [1.807, 2.05) is 0 Å². The lowest BCUT2D eigenvalue weighted by Crippen LogP contribution is -2.21. The molecule has 1 fully saturated rings. The van der Waals surface area contributed by atoms with Crippen LogP contribution in [0.5, 0.6) is 0 Å². The van der Waals surface area contributed by atoms with Crippen molar-refractivity contribution in [1.29, 1.82) is 0 Å². The molecule has 0 atom stereocenters. The van der Waals surface area contributed by atoms with Crippen LogP contribution in [-0.4, -0.2) is 16.5 Å². The molecular formula is C16H20ClN3O. The zero-order chi connectivity index (χ0) is 14.7. The number of aromatic nitrogens is 2. The van der Waals surface area contributed by atoms with Crippen molar-refractivity contribution in [2.45, 2.75) is 38.6 Å². The average molecular weight is 306 g/mol. The number of benzene rings is 1. The van der Waals surface area contributed by atoms with Gasteiger partial charge in [-0.1, -0.05) is 37.3 Å². The number of rotatable bonds is 5. The van der Waals surface area contributed by atoms with Crippen molar-refractivity contribution >= 4 is 22.5 Å². The lowest BCUT2D eigenvalue weighted by Gasteiger charge is -2.09. The van der Waals surface area contributed by atoms with Crippen LogP contribution in [0, 0.1) is 5.92 Å². The molecule has 0 unspecified atom stereocenters. The summed E-state index contributed by atoms with van der Waals surface area (Å²) in [6.07, 6.45) is 6.70. The number of hydrogen-bond donors (Lipinski definition) is 2. The minimum Gasteiger partial charge on any atom is -0.310 e. The van der Waals surface area contributed by atoms with Crippen LogP contribution < -0.4 is 10.9 Å². The average Bonchev–Trinajstić information content (AvgIpc) is 2.96. The van der Waals surface area contributed by atoms with Crippen LogP contribution in [0.1, 0.15) is 37.9 Å². The number of aromatic amines is 1. The van der Waals surface area contributed by atoms with Crippen LogP contribution >= 0.6 is 11.6 Å². The third-order valence-corrected chi connectivity index (χ3v) is 4.45.